The maximum atomic E-state index is 13.0. The Hall–Kier alpha value is -3.93. The van der Waals surface area contributed by atoms with Crippen molar-refractivity contribution >= 4 is 28.6 Å². The van der Waals surface area contributed by atoms with E-state index in [-0.39, 0.29) is 18.3 Å². The monoisotopic (exact) mass is 387 g/mol. The molecule has 4 aromatic rings. The second-order valence-corrected chi connectivity index (χ2v) is 6.38. The summed E-state index contributed by atoms with van der Waals surface area (Å²) in [5, 5.41) is 9.20. The van der Waals surface area contributed by atoms with Crippen molar-refractivity contribution in [3.8, 4) is 11.3 Å². The number of anilines is 1. The summed E-state index contributed by atoms with van der Waals surface area (Å²) in [6.45, 7) is 0.0876. The zero-order valence-electron chi connectivity index (χ0n) is 15.4. The molecule has 0 unspecified atom stereocenters. The van der Waals surface area contributed by atoms with Crippen LogP contribution < -0.4 is 10.7 Å². The average molecular weight is 387 g/mol. The molecule has 1 aromatic heterocycles. The molecule has 1 heterocycles. The topological polar surface area (TPSA) is 66.6 Å². The molecule has 0 spiro atoms. The average Bonchev–Trinajstić information content (AvgIpc) is 3.21. The molecule has 0 aliphatic carbocycles. The summed E-state index contributed by atoms with van der Waals surface area (Å²) in [5.74, 6) is 0.489. The molecule has 0 aliphatic heterocycles. The molecule has 0 fully saturated rings. The Kier molecular flexibility index (Phi) is 5.33. The van der Waals surface area contributed by atoms with E-state index < -0.39 is 0 Å². The van der Waals surface area contributed by atoms with Crippen molar-refractivity contribution < 1.29 is 13.6 Å². The number of amides is 1. The number of fused-ring (bicyclic) bond motifs is 1. The summed E-state index contributed by atoms with van der Waals surface area (Å²) in [6.07, 6.45) is 1.42. The molecular formula is C23H18FN3O2. The van der Waals surface area contributed by atoms with Gasteiger partial charge in [-0.15, -0.1) is 0 Å². The third-order valence-electron chi connectivity index (χ3n) is 4.37. The summed E-state index contributed by atoms with van der Waals surface area (Å²) in [6, 6.07) is 23.3. The first-order chi connectivity index (χ1) is 14.2. The maximum Gasteiger partial charge on any atom is 0.259 e. The molecule has 1 amide bonds. The van der Waals surface area contributed by atoms with E-state index in [2.05, 4.69) is 15.8 Å². The number of rotatable bonds is 6. The summed E-state index contributed by atoms with van der Waals surface area (Å²) in [7, 11) is 0. The molecule has 4 rings (SSSR count). The fourth-order valence-electron chi connectivity index (χ4n) is 2.95. The largest absolute Gasteiger partial charge is 0.455 e. The number of halogens is 1. The second kappa shape index (κ2) is 8.39. The molecule has 29 heavy (non-hydrogen) atoms. The van der Waals surface area contributed by atoms with Crippen LogP contribution in [0.25, 0.3) is 22.1 Å². The van der Waals surface area contributed by atoms with E-state index in [0.29, 0.717) is 11.5 Å². The van der Waals surface area contributed by atoms with Crippen LogP contribution in [0.2, 0.25) is 0 Å². The van der Waals surface area contributed by atoms with E-state index in [4.69, 9.17) is 4.42 Å². The number of carbonyl (C=O) groups excluding carboxylic acids is 1. The van der Waals surface area contributed by atoms with E-state index in [1.54, 1.807) is 24.3 Å². The Balaban J connectivity index is 1.32. The molecule has 6 heteroatoms. The number of hydrogen-bond donors (Lipinski definition) is 2. The highest BCUT2D eigenvalue weighted by Crippen LogP contribution is 2.23. The van der Waals surface area contributed by atoms with Crippen LogP contribution in [0.15, 0.2) is 88.4 Å². The Labute approximate surface area is 166 Å². The van der Waals surface area contributed by atoms with E-state index in [1.165, 1.54) is 18.3 Å². The Morgan fingerprint density at radius 1 is 0.966 bits per heavy atom. The zero-order chi connectivity index (χ0) is 20.1. The van der Waals surface area contributed by atoms with Gasteiger partial charge in [0.05, 0.1) is 12.8 Å². The van der Waals surface area contributed by atoms with Gasteiger partial charge in [0.1, 0.15) is 17.3 Å². The minimum atomic E-state index is -0.304. The highest BCUT2D eigenvalue weighted by molar-refractivity contribution is 5.95. The normalized spacial score (nSPS) is 11.1. The third-order valence-corrected chi connectivity index (χ3v) is 4.37. The van der Waals surface area contributed by atoms with Gasteiger partial charge in [0.15, 0.2) is 0 Å². The lowest BCUT2D eigenvalue weighted by atomic mass is 10.1. The first-order valence-corrected chi connectivity index (χ1v) is 9.08. The van der Waals surface area contributed by atoms with Crippen molar-refractivity contribution in [3.63, 3.8) is 0 Å². The number of carbonyl (C=O) groups is 1. The predicted molar refractivity (Wildman–Crippen MR) is 112 cm³/mol. The smallest absolute Gasteiger partial charge is 0.259 e. The van der Waals surface area contributed by atoms with Gasteiger partial charge in [0.2, 0.25) is 0 Å². The van der Waals surface area contributed by atoms with Gasteiger partial charge in [-0.3, -0.25) is 4.79 Å². The molecule has 3 aromatic carbocycles. The number of hydrazone groups is 1. The minimum Gasteiger partial charge on any atom is -0.455 e. The first-order valence-electron chi connectivity index (χ1n) is 9.08. The molecule has 5 nitrogen and oxygen atoms in total. The molecule has 0 radical (unpaired) electrons. The highest BCUT2D eigenvalue weighted by atomic mass is 19.1. The van der Waals surface area contributed by atoms with Gasteiger partial charge >= 0.3 is 0 Å². The van der Waals surface area contributed by atoms with Gasteiger partial charge in [-0.05, 0) is 47.9 Å². The summed E-state index contributed by atoms with van der Waals surface area (Å²) < 4.78 is 18.6. The molecule has 144 valence electrons. The van der Waals surface area contributed by atoms with Crippen molar-refractivity contribution in [2.75, 3.05) is 11.9 Å². The standard InChI is InChI=1S/C23H18FN3O2/c24-18-10-8-17(9-11-18)22-13-12-19(29-22)14-26-27-23(28)15-25-21-7-3-5-16-4-1-2-6-20(16)21/h1-14,25H,15H2,(H,27,28)/b26-14-. The van der Waals surface area contributed by atoms with Crippen LogP contribution in [-0.4, -0.2) is 18.7 Å². The van der Waals surface area contributed by atoms with Crippen LogP contribution in [0, 0.1) is 5.82 Å². The van der Waals surface area contributed by atoms with Gasteiger partial charge in [0, 0.05) is 16.6 Å². The van der Waals surface area contributed by atoms with Gasteiger partial charge in [-0.2, -0.15) is 5.10 Å². The molecule has 0 atom stereocenters. The van der Waals surface area contributed by atoms with Crippen molar-refractivity contribution in [2.24, 2.45) is 5.10 Å². The molecule has 0 saturated heterocycles. The number of furan rings is 1. The molecule has 0 aliphatic rings. The van der Waals surface area contributed by atoms with Crippen molar-refractivity contribution in [1.29, 1.82) is 0 Å². The van der Waals surface area contributed by atoms with Gasteiger partial charge in [-0.1, -0.05) is 36.4 Å². The maximum absolute atomic E-state index is 13.0. The minimum absolute atomic E-state index is 0.0876. The molecular weight excluding hydrogens is 369 g/mol. The third kappa shape index (κ3) is 4.50. The molecule has 0 saturated carbocycles. The van der Waals surface area contributed by atoms with E-state index in [1.807, 2.05) is 42.5 Å². The van der Waals surface area contributed by atoms with E-state index in [0.717, 1.165) is 22.0 Å². The Morgan fingerprint density at radius 3 is 2.62 bits per heavy atom. The lowest BCUT2D eigenvalue weighted by Crippen LogP contribution is -2.25. The van der Waals surface area contributed by atoms with E-state index in [9.17, 15) is 9.18 Å². The Morgan fingerprint density at radius 2 is 1.76 bits per heavy atom. The lowest BCUT2D eigenvalue weighted by molar-refractivity contribution is -0.119. The highest BCUT2D eigenvalue weighted by Gasteiger charge is 2.05. The number of nitrogens with one attached hydrogen (secondary N) is 2. The molecule has 0 bridgehead atoms. The van der Waals surface area contributed by atoms with Crippen LogP contribution in [-0.2, 0) is 4.79 Å². The number of nitrogens with zero attached hydrogens (tertiary/aromatic N) is 1. The zero-order valence-corrected chi connectivity index (χ0v) is 15.4. The van der Waals surface area contributed by atoms with Crippen LogP contribution in [0.5, 0.6) is 0 Å². The fourth-order valence-corrected chi connectivity index (χ4v) is 2.95. The Bertz CT molecular complexity index is 1160. The molecule has 2 N–H and O–H groups in total. The van der Waals surface area contributed by atoms with Crippen LogP contribution in [0.3, 0.4) is 0 Å². The summed E-state index contributed by atoms with van der Waals surface area (Å²) in [5.41, 5.74) is 4.11. The predicted octanol–water partition coefficient (Wildman–Crippen LogP) is 4.80. The fraction of sp³-hybridized carbons (Fsp3) is 0.0435. The van der Waals surface area contributed by atoms with Crippen LogP contribution in [0.4, 0.5) is 10.1 Å². The number of hydrogen-bond acceptors (Lipinski definition) is 4. The van der Waals surface area contributed by atoms with Crippen LogP contribution >= 0.6 is 0 Å². The lowest BCUT2D eigenvalue weighted by Gasteiger charge is -2.08. The van der Waals surface area contributed by atoms with Gasteiger partial charge in [0.25, 0.3) is 5.91 Å². The summed E-state index contributed by atoms with van der Waals surface area (Å²) >= 11 is 0. The van der Waals surface area contributed by atoms with Gasteiger partial charge in [-0.25, -0.2) is 9.82 Å². The van der Waals surface area contributed by atoms with Gasteiger partial charge < -0.3 is 9.73 Å². The van der Waals surface area contributed by atoms with Crippen molar-refractivity contribution in [1.82, 2.24) is 5.43 Å². The first kappa shape index (κ1) is 18.4. The van der Waals surface area contributed by atoms with E-state index >= 15 is 0 Å². The van der Waals surface area contributed by atoms with Crippen LogP contribution in [0.1, 0.15) is 5.76 Å². The summed E-state index contributed by atoms with van der Waals surface area (Å²) in [4.78, 5) is 12.0. The van der Waals surface area contributed by atoms with Crippen molar-refractivity contribution in [2.45, 2.75) is 0 Å². The number of benzene rings is 3. The second-order valence-electron chi connectivity index (χ2n) is 6.38. The van der Waals surface area contributed by atoms with Crippen molar-refractivity contribution in [3.05, 3.63) is 90.4 Å². The quantitative estimate of drug-likeness (QED) is 0.369. The SMILES string of the molecule is O=C(CNc1cccc2ccccc12)N/N=C\c1ccc(-c2ccc(F)cc2)o1.